The molecule has 0 unspecified atom stereocenters. The van der Waals surface area contributed by atoms with Crippen molar-refractivity contribution < 1.29 is 17.7 Å². The summed E-state index contributed by atoms with van der Waals surface area (Å²) < 4.78 is 30.7. The van der Waals surface area contributed by atoms with Crippen LogP contribution in [0, 0.1) is 6.92 Å². The number of pyridine rings is 1. The second-order valence-corrected chi connectivity index (χ2v) is 6.17. The number of hydrogen-bond acceptors (Lipinski definition) is 6. The van der Waals surface area contributed by atoms with Crippen molar-refractivity contribution in [2.75, 3.05) is 11.9 Å². The van der Waals surface area contributed by atoms with Crippen LogP contribution in [0.1, 0.15) is 5.76 Å². The summed E-state index contributed by atoms with van der Waals surface area (Å²) in [5.41, 5.74) is 0. The second kappa shape index (κ2) is 6.20. The van der Waals surface area contributed by atoms with Crippen LogP contribution in [0.3, 0.4) is 0 Å². The topological polar surface area (TPSA) is 114 Å². The molecule has 2 aromatic rings. The summed E-state index contributed by atoms with van der Waals surface area (Å²) in [6, 6.07) is 4.14. The Morgan fingerprint density at radius 2 is 2.19 bits per heavy atom. The van der Waals surface area contributed by atoms with E-state index in [-0.39, 0.29) is 15.9 Å². The minimum absolute atomic E-state index is 0.0861. The first kappa shape index (κ1) is 15.4. The lowest BCUT2D eigenvalue weighted by Gasteiger charge is -2.06. The Morgan fingerprint density at radius 3 is 2.76 bits per heavy atom. The third kappa shape index (κ3) is 4.25. The minimum atomic E-state index is -3.83. The molecule has 0 saturated heterocycles. The van der Waals surface area contributed by atoms with Crippen molar-refractivity contribution in [3.05, 3.63) is 35.3 Å². The number of carbonyl (C=O) groups is 1. The number of nitrogens with zero attached hydrogens (tertiary/aromatic N) is 2. The highest BCUT2D eigenvalue weighted by molar-refractivity contribution is 7.89. The van der Waals surface area contributed by atoms with Crippen LogP contribution in [0.5, 0.6) is 0 Å². The zero-order chi connectivity index (χ0) is 15.5. The molecule has 112 valence electrons. The molecular formula is C11H11ClN4O4S. The van der Waals surface area contributed by atoms with E-state index < -0.39 is 22.5 Å². The summed E-state index contributed by atoms with van der Waals surface area (Å²) in [6.45, 7) is 1.22. The van der Waals surface area contributed by atoms with Gasteiger partial charge in [-0.05, 0) is 19.1 Å². The smallest absolute Gasteiger partial charge is 0.242 e. The molecule has 2 rings (SSSR count). The SMILES string of the molecule is Cc1cc(NC(=O)CNS(=O)(=O)c2ccc(Cl)nc2)no1. The van der Waals surface area contributed by atoms with Gasteiger partial charge in [-0.25, -0.2) is 18.1 Å². The lowest BCUT2D eigenvalue weighted by Crippen LogP contribution is -2.33. The Bertz CT molecular complexity index is 742. The van der Waals surface area contributed by atoms with Gasteiger partial charge in [0.15, 0.2) is 5.82 Å². The number of rotatable bonds is 5. The van der Waals surface area contributed by atoms with Gasteiger partial charge in [0.1, 0.15) is 15.8 Å². The maximum absolute atomic E-state index is 11.9. The molecule has 0 spiro atoms. The van der Waals surface area contributed by atoms with Gasteiger partial charge in [-0.3, -0.25) is 4.79 Å². The zero-order valence-electron chi connectivity index (χ0n) is 10.8. The maximum atomic E-state index is 11.9. The molecule has 2 aromatic heterocycles. The molecule has 1 amide bonds. The first-order valence-corrected chi connectivity index (χ1v) is 7.57. The highest BCUT2D eigenvalue weighted by atomic mass is 35.5. The number of aromatic nitrogens is 2. The predicted molar refractivity (Wildman–Crippen MR) is 74.3 cm³/mol. The molecule has 0 atom stereocenters. The molecule has 2 heterocycles. The molecule has 0 aromatic carbocycles. The van der Waals surface area contributed by atoms with Gasteiger partial charge in [-0.2, -0.15) is 0 Å². The molecule has 0 aliphatic heterocycles. The molecule has 8 nitrogen and oxygen atoms in total. The van der Waals surface area contributed by atoms with E-state index in [0.29, 0.717) is 5.76 Å². The van der Waals surface area contributed by atoms with E-state index in [1.54, 1.807) is 6.92 Å². The van der Waals surface area contributed by atoms with Crippen molar-refractivity contribution in [3.63, 3.8) is 0 Å². The maximum Gasteiger partial charge on any atom is 0.242 e. The molecule has 0 radical (unpaired) electrons. The number of halogens is 1. The average Bonchev–Trinajstić information content (AvgIpc) is 2.82. The van der Waals surface area contributed by atoms with Crippen molar-refractivity contribution >= 4 is 33.3 Å². The molecule has 0 fully saturated rings. The summed E-state index contributed by atoms with van der Waals surface area (Å²) in [6.07, 6.45) is 1.10. The van der Waals surface area contributed by atoms with Crippen LogP contribution in [0.25, 0.3) is 0 Å². The fourth-order valence-corrected chi connectivity index (χ4v) is 2.42. The number of carbonyl (C=O) groups excluding carboxylic acids is 1. The van der Waals surface area contributed by atoms with E-state index in [2.05, 4.69) is 20.2 Å². The number of amides is 1. The van der Waals surface area contributed by atoms with Crippen LogP contribution in [0.4, 0.5) is 5.82 Å². The van der Waals surface area contributed by atoms with Gasteiger partial charge in [0.25, 0.3) is 0 Å². The first-order chi connectivity index (χ1) is 9.87. The predicted octanol–water partition coefficient (Wildman–Crippen LogP) is 0.948. The average molecular weight is 331 g/mol. The van der Waals surface area contributed by atoms with Crippen LogP contribution in [0.15, 0.2) is 33.8 Å². The van der Waals surface area contributed by atoms with Gasteiger partial charge in [0, 0.05) is 12.3 Å². The van der Waals surface area contributed by atoms with Crippen molar-refractivity contribution in [1.29, 1.82) is 0 Å². The summed E-state index contributed by atoms with van der Waals surface area (Å²) in [4.78, 5) is 15.2. The third-order valence-electron chi connectivity index (χ3n) is 2.33. The normalized spacial score (nSPS) is 11.3. The molecule has 2 N–H and O–H groups in total. The monoisotopic (exact) mass is 330 g/mol. The van der Waals surface area contributed by atoms with Gasteiger partial charge < -0.3 is 9.84 Å². The molecule has 0 saturated carbocycles. The summed E-state index contributed by atoms with van der Waals surface area (Å²) in [5, 5.41) is 6.12. The Balaban J connectivity index is 1.95. The molecule has 21 heavy (non-hydrogen) atoms. The van der Waals surface area contributed by atoms with E-state index >= 15 is 0 Å². The van der Waals surface area contributed by atoms with Crippen LogP contribution < -0.4 is 10.0 Å². The molecule has 0 bridgehead atoms. The first-order valence-electron chi connectivity index (χ1n) is 5.71. The fraction of sp³-hybridized carbons (Fsp3) is 0.182. The minimum Gasteiger partial charge on any atom is -0.360 e. The highest BCUT2D eigenvalue weighted by Crippen LogP contribution is 2.10. The number of sulfonamides is 1. The highest BCUT2D eigenvalue weighted by Gasteiger charge is 2.16. The number of aryl methyl sites for hydroxylation is 1. The van der Waals surface area contributed by atoms with Gasteiger partial charge in [0.05, 0.1) is 6.54 Å². The number of anilines is 1. The van der Waals surface area contributed by atoms with E-state index in [4.69, 9.17) is 16.1 Å². The quantitative estimate of drug-likeness (QED) is 0.789. The lowest BCUT2D eigenvalue weighted by atomic mass is 10.5. The van der Waals surface area contributed by atoms with Crippen molar-refractivity contribution in [2.45, 2.75) is 11.8 Å². The molecular weight excluding hydrogens is 320 g/mol. The number of hydrogen-bond donors (Lipinski definition) is 2. The van der Waals surface area contributed by atoms with Gasteiger partial charge in [-0.1, -0.05) is 16.8 Å². The number of nitrogens with one attached hydrogen (secondary N) is 2. The molecule has 0 aliphatic rings. The molecule has 0 aliphatic carbocycles. The Hall–Kier alpha value is -1.97. The van der Waals surface area contributed by atoms with E-state index in [1.165, 1.54) is 18.2 Å². The summed E-state index contributed by atoms with van der Waals surface area (Å²) in [5.74, 6) is 0.164. The van der Waals surface area contributed by atoms with Gasteiger partial charge in [0.2, 0.25) is 15.9 Å². The van der Waals surface area contributed by atoms with Crippen LogP contribution >= 0.6 is 11.6 Å². The Morgan fingerprint density at radius 1 is 1.43 bits per heavy atom. The van der Waals surface area contributed by atoms with E-state index in [0.717, 1.165) is 6.20 Å². The van der Waals surface area contributed by atoms with Crippen molar-refractivity contribution in [3.8, 4) is 0 Å². The van der Waals surface area contributed by atoms with Gasteiger partial charge in [-0.15, -0.1) is 0 Å². The lowest BCUT2D eigenvalue weighted by molar-refractivity contribution is -0.115. The molecule has 10 heteroatoms. The third-order valence-corrected chi connectivity index (χ3v) is 3.94. The standard InChI is InChI=1S/C11H11ClN4O4S/c1-7-4-10(16-20-7)15-11(17)6-14-21(18,19)8-2-3-9(12)13-5-8/h2-5,14H,6H2,1H3,(H,15,16,17). The van der Waals surface area contributed by atoms with Gasteiger partial charge >= 0.3 is 0 Å². The largest absolute Gasteiger partial charge is 0.360 e. The summed E-state index contributed by atoms with van der Waals surface area (Å²) in [7, 11) is -3.83. The van der Waals surface area contributed by atoms with Crippen LogP contribution in [-0.4, -0.2) is 31.0 Å². The van der Waals surface area contributed by atoms with Crippen molar-refractivity contribution in [1.82, 2.24) is 14.9 Å². The fourth-order valence-electron chi connectivity index (χ4n) is 1.38. The second-order valence-electron chi connectivity index (χ2n) is 4.01. The van der Waals surface area contributed by atoms with E-state index in [9.17, 15) is 13.2 Å². The zero-order valence-corrected chi connectivity index (χ0v) is 12.4. The van der Waals surface area contributed by atoms with Crippen LogP contribution in [0.2, 0.25) is 5.15 Å². The summed E-state index contributed by atoms with van der Waals surface area (Å²) >= 11 is 5.58. The van der Waals surface area contributed by atoms with Crippen LogP contribution in [-0.2, 0) is 14.8 Å². The van der Waals surface area contributed by atoms with E-state index in [1.807, 2.05) is 0 Å². The Kier molecular flexibility index (Phi) is 4.56. The Labute approximate surface area is 125 Å². The van der Waals surface area contributed by atoms with Crippen molar-refractivity contribution in [2.24, 2.45) is 0 Å².